The summed E-state index contributed by atoms with van der Waals surface area (Å²) >= 11 is 7.88. The molecule has 4 aromatic rings. The number of carbonyl (C=O) groups is 1. The van der Waals surface area contributed by atoms with E-state index in [0.717, 1.165) is 45.5 Å². The van der Waals surface area contributed by atoms with Crippen molar-refractivity contribution in [1.29, 1.82) is 0 Å². The molecule has 0 amide bonds. The second-order valence-electron chi connectivity index (χ2n) is 6.98. The van der Waals surface area contributed by atoms with Crippen molar-refractivity contribution in [3.05, 3.63) is 58.2 Å². The SMILES string of the molecule is CCc1ccc2nc(N3Cc4[nH]c5ccc(Cl)cc5c4C(C=O)C3)sc2c1. The third-order valence-corrected chi connectivity index (χ3v) is 6.62. The molecule has 2 aromatic heterocycles. The van der Waals surface area contributed by atoms with Gasteiger partial charge in [-0.15, -0.1) is 0 Å². The third-order valence-electron chi connectivity index (χ3n) is 5.30. The van der Waals surface area contributed by atoms with Gasteiger partial charge in [0.15, 0.2) is 5.13 Å². The number of nitrogens with one attached hydrogen (secondary N) is 1. The molecule has 2 aromatic carbocycles. The molecule has 0 spiro atoms. The molecule has 1 aliphatic heterocycles. The molecule has 0 radical (unpaired) electrons. The maximum absolute atomic E-state index is 11.9. The zero-order valence-electron chi connectivity index (χ0n) is 14.8. The first-order chi connectivity index (χ1) is 13.2. The Hall–Kier alpha value is -2.37. The van der Waals surface area contributed by atoms with Gasteiger partial charge in [-0.25, -0.2) is 4.98 Å². The lowest BCUT2D eigenvalue weighted by Crippen LogP contribution is -2.34. The second kappa shape index (κ2) is 6.36. The summed E-state index contributed by atoms with van der Waals surface area (Å²) in [5, 5.41) is 2.70. The fraction of sp³-hybridized carbons (Fsp3) is 0.238. The number of hydrogen-bond donors (Lipinski definition) is 1. The molecule has 4 nitrogen and oxygen atoms in total. The number of fused-ring (bicyclic) bond motifs is 4. The molecule has 5 rings (SSSR count). The number of anilines is 1. The lowest BCUT2D eigenvalue weighted by Gasteiger charge is -2.30. The topological polar surface area (TPSA) is 49.0 Å². The van der Waals surface area contributed by atoms with Crippen molar-refractivity contribution in [3.8, 4) is 0 Å². The maximum atomic E-state index is 11.9. The maximum Gasteiger partial charge on any atom is 0.186 e. The lowest BCUT2D eigenvalue weighted by atomic mass is 9.93. The van der Waals surface area contributed by atoms with E-state index >= 15 is 0 Å². The van der Waals surface area contributed by atoms with Gasteiger partial charge in [0.05, 0.1) is 22.7 Å². The molecule has 0 fully saturated rings. The number of thiazole rings is 1. The van der Waals surface area contributed by atoms with Gasteiger partial charge in [-0.05, 0) is 47.9 Å². The molecule has 0 saturated carbocycles. The van der Waals surface area contributed by atoms with Crippen LogP contribution in [0.3, 0.4) is 0 Å². The summed E-state index contributed by atoms with van der Waals surface area (Å²) in [4.78, 5) is 22.4. The molecule has 6 heteroatoms. The molecule has 27 heavy (non-hydrogen) atoms. The summed E-state index contributed by atoms with van der Waals surface area (Å²) in [5.74, 6) is -0.195. The molecule has 3 heterocycles. The average molecular weight is 396 g/mol. The van der Waals surface area contributed by atoms with Gasteiger partial charge in [-0.3, -0.25) is 0 Å². The van der Waals surface area contributed by atoms with Crippen molar-refractivity contribution >= 4 is 55.5 Å². The summed E-state index contributed by atoms with van der Waals surface area (Å²) < 4.78 is 1.20. The molecule has 1 N–H and O–H groups in total. The normalized spacial score (nSPS) is 16.8. The first-order valence-corrected chi connectivity index (χ1v) is 10.3. The van der Waals surface area contributed by atoms with E-state index in [2.05, 4.69) is 35.0 Å². The number of carbonyl (C=O) groups excluding carboxylic acids is 1. The molecule has 1 unspecified atom stereocenters. The zero-order valence-corrected chi connectivity index (χ0v) is 16.4. The number of halogens is 1. The fourth-order valence-electron chi connectivity index (χ4n) is 3.94. The van der Waals surface area contributed by atoms with Crippen LogP contribution in [0.5, 0.6) is 0 Å². The number of H-pyrrole nitrogens is 1. The number of aromatic nitrogens is 2. The highest BCUT2D eigenvalue weighted by molar-refractivity contribution is 7.22. The first-order valence-electron chi connectivity index (χ1n) is 9.06. The number of aromatic amines is 1. The van der Waals surface area contributed by atoms with Crippen molar-refractivity contribution in [3.63, 3.8) is 0 Å². The Bertz CT molecular complexity index is 1180. The molecule has 0 saturated heterocycles. The van der Waals surface area contributed by atoms with E-state index in [0.29, 0.717) is 18.1 Å². The fourth-order valence-corrected chi connectivity index (χ4v) is 5.15. The highest BCUT2D eigenvalue weighted by Crippen LogP contribution is 2.38. The van der Waals surface area contributed by atoms with E-state index in [-0.39, 0.29) is 5.92 Å². The van der Waals surface area contributed by atoms with Gasteiger partial charge >= 0.3 is 0 Å². The van der Waals surface area contributed by atoms with Gasteiger partial charge in [0.1, 0.15) is 6.29 Å². The van der Waals surface area contributed by atoms with Gasteiger partial charge in [0.25, 0.3) is 0 Å². The van der Waals surface area contributed by atoms with Crippen LogP contribution in [0.25, 0.3) is 21.1 Å². The zero-order chi connectivity index (χ0) is 18.5. The summed E-state index contributed by atoms with van der Waals surface area (Å²) in [6, 6.07) is 12.2. The Labute approximate surface area is 165 Å². The van der Waals surface area contributed by atoms with Crippen molar-refractivity contribution in [2.45, 2.75) is 25.8 Å². The van der Waals surface area contributed by atoms with Crippen LogP contribution in [-0.2, 0) is 17.8 Å². The Kier molecular flexibility index (Phi) is 3.95. The molecule has 1 aliphatic rings. The standard InChI is InChI=1S/C21H18ClN3OS/c1-2-12-3-5-17-19(7-12)27-21(24-17)25-9-13(11-26)20-15-8-14(22)4-6-16(15)23-18(20)10-25/h3-8,11,13,23H,2,9-10H2,1H3. The van der Waals surface area contributed by atoms with E-state index < -0.39 is 0 Å². The summed E-state index contributed by atoms with van der Waals surface area (Å²) in [5.41, 5.74) is 5.51. The summed E-state index contributed by atoms with van der Waals surface area (Å²) in [7, 11) is 0. The Morgan fingerprint density at radius 2 is 2.22 bits per heavy atom. The summed E-state index contributed by atoms with van der Waals surface area (Å²) in [6.07, 6.45) is 2.06. The monoisotopic (exact) mass is 395 g/mol. The lowest BCUT2D eigenvalue weighted by molar-refractivity contribution is -0.109. The minimum Gasteiger partial charge on any atom is -0.357 e. The minimum atomic E-state index is -0.195. The van der Waals surface area contributed by atoms with Crippen LogP contribution < -0.4 is 4.90 Å². The number of aldehydes is 1. The third kappa shape index (κ3) is 2.73. The van der Waals surface area contributed by atoms with E-state index in [1.54, 1.807) is 11.3 Å². The van der Waals surface area contributed by atoms with E-state index in [4.69, 9.17) is 16.6 Å². The van der Waals surface area contributed by atoms with E-state index in [1.807, 2.05) is 18.2 Å². The number of aryl methyl sites for hydroxylation is 1. The van der Waals surface area contributed by atoms with E-state index in [1.165, 1.54) is 10.3 Å². The predicted octanol–water partition coefficient (Wildman–Crippen LogP) is 5.30. The van der Waals surface area contributed by atoms with Gasteiger partial charge in [-0.2, -0.15) is 0 Å². The molecular formula is C21H18ClN3OS. The smallest absolute Gasteiger partial charge is 0.186 e. The van der Waals surface area contributed by atoms with E-state index in [9.17, 15) is 4.79 Å². The van der Waals surface area contributed by atoms with Crippen LogP contribution >= 0.6 is 22.9 Å². The van der Waals surface area contributed by atoms with Crippen molar-refractivity contribution in [2.24, 2.45) is 0 Å². The highest BCUT2D eigenvalue weighted by atomic mass is 35.5. The molecule has 0 bridgehead atoms. The van der Waals surface area contributed by atoms with Gasteiger partial charge < -0.3 is 14.7 Å². The minimum absolute atomic E-state index is 0.195. The molecule has 0 aliphatic carbocycles. The first kappa shape index (κ1) is 16.8. The van der Waals surface area contributed by atoms with Crippen LogP contribution in [-0.4, -0.2) is 22.8 Å². The Morgan fingerprint density at radius 3 is 3.04 bits per heavy atom. The molecular weight excluding hydrogens is 378 g/mol. The van der Waals surface area contributed by atoms with Gasteiger partial charge in [0, 0.05) is 28.2 Å². The predicted molar refractivity (Wildman–Crippen MR) is 112 cm³/mol. The number of benzene rings is 2. The van der Waals surface area contributed by atoms with Crippen LogP contribution in [0.4, 0.5) is 5.13 Å². The molecule has 1 atom stereocenters. The van der Waals surface area contributed by atoms with Crippen molar-refractivity contribution in [2.75, 3.05) is 11.4 Å². The molecule has 136 valence electrons. The van der Waals surface area contributed by atoms with Crippen molar-refractivity contribution < 1.29 is 4.79 Å². The Morgan fingerprint density at radius 1 is 1.33 bits per heavy atom. The van der Waals surface area contributed by atoms with Gasteiger partial charge in [-0.1, -0.05) is 35.9 Å². The van der Waals surface area contributed by atoms with Crippen molar-refractivity contribution in [1.82, 2.24) is 9.97 Å². The number of nitrogens with zero attached hydrogens (tertiary/aromatic N) is 2. The quantitative estimate of drug-likeness (QED) is 0.479. The second-order valence-corrected chi connectivity index (χ2v) is 8.43. The van der Waals surface area contributed by atoms with Crippen LogP contribution in [0, 0.1) is 0 Å². The Balaban J connectivity index is 1.58. The number of hydrogen-bond acceptors (Lipinski definition) is 4. The van der Waals surface area contributed by atoms with Gasteiger partial charge in [0.2, 0.25) is 0 Å². The highest BCUT2D eigenvalue weighted by Gasteiger charge is 2.30. The summed E-state index contributed by atoms with van der Waals surface area (Å²) in [6.45, 7) is 3.51. The average Bonchev–Trinajstić information content (AvgIpc) is 3.27. The van der Waals surface area contributed by atoms with Crippen LogP contribution in [0.1, 0.15) is 29.7 Å². The van der Waals surface area contributed by atoms with Crippen LogP contribution in [0.2, 0.25) is 5.02 Å². The van der Waals surface area contributed by atoms with Crippen LogP contribution in [0.15, 0.2) is 36.4 Å². The number of rotatable bonds is 3. The largest absolute Gasteiger partial charge is 0.357 e.